The molecule has 1 aromatic carbocycles. The Morgan fingerprint density at radius 3 is 2.74 bits per heavy atom. The number of rotatable bonds is 2. The van der Waals surface area contributed by atoms with Gasteiger partial charge >= 0.3 is 12.2 Å². The van der Waals surface area contributed by atoms with Crippen molar-refractivity contribution in [3.8, 4) is 0 Å². The molecule has 0 aliphatic carbocycles. The molecule has 9 heteroatoms. The second-order valence-electron chi connectivity index (χ2n) is 5.31. The summed E-state index contributed by atoms with van der Waals surface area (Å²) in [5, 5.41) is 2.51. The summed E-state index contributed by atoms with van der Waals surface area (Å²) in [4.78, 5) is 13.7. The van der Waals surface area contributed by atoms with Crippen molar-refractivity contribution < 1.29 is 18.0 Å². The number of urea groups is 1. The van der Waals surface area contributed by atoms with Crippen molar-refractivity contribution in [3.05, 3.63) is 28.8 Å². The van der Waals surface area contributed by atoms with Crippen LogP contribution in [0.4, 0.5) is 23.7 Å². The van der Waals surface area contributed by atoms with Crippen LogP contribution in [0.5, 0.6) is 0 Å². The molecule has 0 unspecified atom stereocenters. The molecule has 0 bridgehead atoms. The van der Waals surface area contributed by atoms with Gasteiger partial charge in [-0.25, -0.2) is 4.79 Å². The standard InChI is InChI=1S/C14H17ClF3N3O.ClH/c15-11-4-3-10(14(16,17)18)6-12(11)20-13(22)21-5-1-2-9(7-19)8-21;/h3-4,6,9H,1-2,5,7-8,19H2,(H,20,22);1H/t9-;/m0./s1. The molecule has 4 nitrogen and oxygen atoms in total. The van der Waals surface area contributed by atoms with Crippen molar-refractivity contribution >= 4 is 35.7 Å². The summed E-state index contributed by atoms with van der Waals surface area (Å²) in [6, 6.07) is 2.38. The highest BCUT2D eigenvalue weighted by Crippen LogP contribution is 2.34. The minimum Gasteiger partial charge on any atom is -0.330 e. The van der Waals surface area contributed by atoms with E-state index in [2.05, 4.69) is 5.32 Å². The first-order valence-electron chi connectivity index (χ1n) is 6.94. The predicted molar refractivity (Wildman–Crippen MR) is 86.1 cm³/mol. The van der Waals surface area contributed by atoms with Gasteiger partial charge in [-0.3, -0.25) is 0 Å². The Hall–Kier alpha value is -1.18. The van der Waals surface area contributed by atoms with E-state index < -0.39 is 17.8 Å². The zero-order valence-corrected chi connectivity index (χ0v) is 13.8. The van der Waals surface area contributed by atoms with Gasteiger partial charge in [0.2, 0.25) is 0 Å². The fourth-order valence-electron chi connectivity index (χ4n) is 2.43. The Morgan fingerprint density at radius 1 is 1.43 bits per heavy atom. The number of halogens is 5. The van der Waals surface area contributed by atoms with Crippen molar-refractivity contribution in [2.45, 2.75) is 19.0 Å². The average molecular weight is 372 g/mol. The van der Waals surface area contributed by atoms with Crippen molar-refractivity contribution in [2.75, 3.05) is 25.0 Å². The number of anilines is 1. The highest BCUT2D eigenvalue weighted by Gasteiger charge is 2.31. The number of likely N-dealkylation sites (tertiary alicyclic amines) is 1. The van der Waals surface area contributed by atoms with Crippen molar-refractivity contribution in [1.82, 2.24) is 4.90 Å². The molecule has 1 fully saturated rings. The van der Waals surface area contributed by atoms with E-state index in [1.807, 2.05) is 0 Å². The fraction of sp³-hybridized carbons (Fsp3) is 0.500. The van der Waals surface area contributed by atoms with Crippen LogP contribution in [0.15, 0.2) is 18.2 Å². The molecule has 1 atom stereocenters. The number of carbonyl (C=O) groups excluding carboxylic acids is 1. The first-order chi connectivity index (χ1) is 10.3. The predicted octanol–water partition coefficient (Wildman–Crippen LogP) is 3.98. The van der Waals surface area contributed by atoms with E-state index in [9.17, 15) is 18.0 Å². The lowest BCUT2D eigenvalue weighted by atomic mass is 9.99. The number of alkyl halides is 3. The lowest BCUT2D eigenvalue weighted by molar-refractivity contribution is -0.137. The van der Waals surface area contributed by atoms with Gasteiger partial charge in [-0.05, 0) is 43.5 Å². The molecule has 0 radical (unpaired) electrons. The summed E-state index contributed by atoms with van der Waals surface area (Å²) < 4.78 is 38.1. The van der Waals surface area contributed by atoms with Crippen LogP contribution in [0.3, 0.4) is 0 Å². The third kappa shape index (κ3) is 5.16. The molecule has 1 saturated heterocycles. The van der Waals surface area contributed by atoms with E-state index in [-0.39, 0.29) is 29.0 Å². The quantitative estimate of drug-likeness (QED) is 0.825. The molecule has 2 rings (SSSR count). The second-order valence-corrected chi connectivity index (χ2v) is 5.72. The number of hydrogen-bond donors (Lipinski definition) is 2. The summed E-state index contributed by atoms with van der Waals surface area (Å²) >= 11 is 5.86. The summed E-state index contributed by atoms with van der Waals surface area (Å²) in [6.45, 7) is 1.53. The van der Waals surface area contributed by atoms with Crippen molar-refractivity contribution in [3.63, 3.8) is 0 Å². The molecule has 0 saturated carbocycles. The average Bonchev–Trinajstić information content (AvgIpc) is 2.48. The van der Waals surface area contributed by atoms with Gasteiger partial charge in [-0.1, -0.05) is 11.6 Å². The monoisotopic (exact) mass is 371 g/mol. The summed E-state index contributed by atoms with van der Waals surface area (Å²) in [7, 11) is 0. The molecular formula is C14H18Cl2F3N3O. The molecular weight excluding hydrogens is 354 g/mol. The number of amides is 2. The SMILES string of the molecule is Cl.NC[C@@H]1CCCN(C(=O)Nc2cc(C(F)(F)F)ccc2Cl)C1. The second kappa shape index (κ2) is 8.08. The Bertz CT molecular complexity index is 555. The van der Waals surface area contributed by atoms with E-state index in [4.69, 9.17) is 17.3 Å². The zero-order valence-electron chi connectivity index (χ0n) is 12.2. The summed E-state index contributed by atoms with van der Waals surface area (Å²) in [5.74, 6) is 0.219. The molecule has 130 valence electrons. The minimum atomic E-state index is -4.49. The lowest BCUT2D eigenvalue weighted by Gasteiger charge is -2.32. The number of piperidine rings is 1. The molecule has 1 aromatic rings. The van der Waals surface area contributed by atoms with Crippen LogP contribution in [0.1, 0.15) is 18.4 Å². The number of benzene rings is 1. The summed E-state index contributed by atoms with van der Waals surface area (Å²) in [6.07, 6.45) is -2.71. The number of nitrogens with zero attached hydrogens (tertiary/aromatic N) is 1. The van der Waals surface area contributed by atoms with Gasteiger partial charge in [0.25, 0.3) is 0 Å². The highest BCUT2D eigenvalue weighted by molar-refractivity contribution is 6.33. The third-order valence-corrected chi connectivity index (χ3v) is 4.00. The topological polar surface area (TPSA) is 58.4 Å². The van der Waals surface area contributed by atoms with Crippen LogP contribution < -0.4 is 11.1 Å². The van der Waals surface area contributed by atoms with E-state index in [0.29, 0.717) is 19.6 Å². The molecule has 0 aromatic heterocycles. The first-order valence-corrected chi connectivity index (χ1v) is 7.32. The lowest BCUT2D eigenvalue weighted by Crippen LogP contribution is -2.44. The Kier molecular flexibility index (Phi) is 6.98. The number of nitrogens with one attached hydrogen (secondary N) is 1. The van der Waals surface area contributed by atoms with Crippen LogP contribution in [0.25, 0.3) is 0 Å². The summed E-state index contributed by atoms with van der Waals surface area (Å²) in [5.41, 5.74) is 4.70. The highest BCUT2D eigenvalue weighted by atomic mass is 35.5. The van der Waals surface area contributed by atoms with Crippen LogP contribution in [0.2, 0.25) is 5.02 Å². The maximum atomic E-state index is 12.7. The van der Waals surface area contributed by atoms with Gasteiger partial charge in [0.15, 0.2) is 0 Å². The molecule has 0 spiro atoms. The molecule has 23 heavy (non-hydrogen) atoms. The van der Waals surface area contributed by atoms with Gasteiger partial charge in [-0.15, -0.1) is 12.4 Å². The molecule has 1 heterocycles. The van der Waals surface area contributed by atoms with Crippen LogP contribution in [-0.2, 0) is 6.18 Å². The van der Waals surface area contributed by atoms with Gasteiger partial charge < -0.3 is 16.0 Å². The smallest absolute Gasteiger partial charge is 0.330 e. The largest absolute Gasteiger partial charge is 0.416 e. The van der Waals surface area contributed by atoms with Crippen LogP contribution in [0, 0.1) is 5.92 Å². The zero-order chi connectivity index (χ0) is 16.3. The maximum Gasteiger partial charge on any atom is 0.416 e. The van der Waals surface area contributed by atoms with Gasteiger partial charge in [-0.2, -0.15) is 13.2 Å². The van der Waals surface area contributed by atoms with Crippen LogP contribution >= 0.6 is 24.0 Å². The van der Waals surface area contributed by atoms with Crippen LogP contribution in [-0.4, -0.2) is 30.6 Å². The van der Waals surface area contributed by atoms with E-state index >= 15 is 0 Å². The molecule has 2 amide bonds. The normalized spacial score (nSPS) is 18.3. The van der Waals surface area contributed by atoms with E-state index in [1.165, 1.54) is 0 Å². The molecule has 1 aliphatic heterocycles. The third-order valence-electron chi connectivity index (χ3n) is 3.67. The fourth-order valence-corrected chi connectivity index (χ4v) is 2.60. The Morgan fingerprint density at radius 2 is 2.13 bits per heavy atom. The van der Waals surface area contributed by atoms with Crippen molar-refractivity contribution in [2.24, 2.45) is 11.7 Å². The number of hydrogen-bond acceptors (Lipinski definition) is 2. The minimum absolute atomic E-state index is 0. The molecule has 3 N–H and O–H groups in total. The van der Waals surface area contributed by atoms with Crippen molar-refractivity contribution in [1.29, 1.82) is 0 Å². The Labute approximate surface area is 143 Å². The van der Waals surface area contributed by atoms with E-state index in [0.717, 1.165) is 31.0 Å². The van der Waals surface area contributed by atoms with E-state index in [1.54, 1.807) is 4.90 Å². The van der Waals surface area contributed by atoms with Gasteiger partial charge in [0, 0.05) is 13.1 Å². The first kappa shape index (κ1) is 19.9. The maximum absolute atomic E-state index is 12.7. The molecule has 1 aliphatic rings. The number of carbonyl (C=O) groups is 1. The van der Waals surface area contributed by atoms with Gasteiger partial charge in [0.05, 0.1) is 16.3 Å². The van der Waals surface area contributed by atoms with Gasteiger partial charge in [0.1, 0.15) is 0 Å². The Balaban J connectivity index is 0.00000264. The number of nitrogens with two attached hydrogens (primary N) is 1.